The molecule has 5 rings (SSSR count). The Morgan fingerprint density at radius 2 is 1.17 bits per heavy atom. The molecule has 4 aromatic carbocycles. The molecule has 29 heavy (non-hydrogen) atoms. The topological polar surface area (TPSA) is 20.3 Å². The molecule has 1 aliphatic rings. The van der Waals surface area contributed by atoms with E-state index < -0.39 is 5.54 Å². The fourth-order valence-electron chi connectivity index (χ4n) is 4.48. The smallest absolute Gasteiger partial charge is 0.260 e. The summed E-state index contributed by atoms with van der Waals surface area (Å²) in [5, 5.41) is 0. The van der Waals surface area contributed by atoms with Gasteiger partial charge in [0.15, 0.2) is 0 Å². The molecule has 0 saturated carbocycles. The lowest BCUT2D eigenvalue weighted by atomic mass is 9.76. The highest BCUT2D eigenvalue weighted by Crippen LogP contribution is 2.50. The fourth-order valence-corrected chi connectivity index (χ4v) is 4.48. The molecule has 1 aliphatic heterocycles. The van der Waals surface area contributed by atoms with Crippen LogP contribution in [0.15, 0.2) is 109 Å². The first-order chi connectivity index (χ1) is 14.2. The van der Waals surface area contributed by atoms with Gasteiger partial charge < -0.3 is 0 Å². The number of hydrogen-bond acceptors (Lipinski definition) is 1. The fraction of sp³-hybridized carbons (Fsp3) is 0.0741. The number of rotatable bonds is 3. The van der Waals surface area contributed by atoms with Gasteiger partial charge in [0.1, 0.15) is 5.54 Å². The van der Waals surface area contributed by atoms with E-state index in [4.69, 9.17) is 0 Å². The molecule has 4 aromatic rings. The van der Waals surface area contributed by atoms with Crippen LogP contribution in [0.25, 0.3) is 0 Å². The van der Waals surface area contributed by atoms with Gasteiger partial charge >= 0.3 is 0 Å². The predicted octanol–water partition coefficient (Wildman–Crippen LogP) is 5.95. The molecule has 140 valence electrons. The maximum atomic E-state index is 13.8. The summed E-state index contributed by atoms with van der Waals surface area (Å²) in [4.78, 5) is 15.7. The van der Waals surface area contributed by atoms with Crippen molar-refractivity contribution >= 4 is 11.6 Å². The van der Waals surface area contributed by atoms with E-state index in [-0.39, 0.29) is 5.91 Å². The molecular formula is C27H21NO. The number of amides is 1. The summed E-state index contributed by atoms with van der Waals surface area (Å²) in [5.74, 6) is 0.0243. The van der Waals surface area contributed by atoms with Gasteiger partial charge in [-0.25, -0.2) is 0 Å². The number of hydrogen-bond donors (Lipinski definition) is 0. The summed E-state index contributed by atoms with van der Waals surface area (Å²) >= 11 is 0. The molecule has 0 spiro atoms. The predicted molar refractivity (Wildman–Crippen MR) is 117 cm³/mol. The first-order valence-electron chi connectivity index (χ1n) is 9.85. The minimum atomic E-state index is -0.718. The van der Waals surface area contributed by atoms with Crippen LogP contribution in [0, 0.1) is 6.92 Å². The summed E-state index contributed by atoms with van der Waals surface area (Å²) in [5.41, 5.74) is 5.29. The number of benzene rings is 4. The zero-order valence-corrected chi connectivity index (χ0v) is 16.2. The Morgan fingerprint density at radius 3 is 1.86 bits per heavy atom. The van der Waals surface area contributed by atoms with Gasteiger partial charge in [0, 0.05) is 11.3 Å². The summed E-state index contributed by atoms with van der Waals surface area (Å²) in [6, 6.07) is 36.8. The van der Waals surface area contributed by atoms with Crippen LogP contribution >= 0.6 is 0 Å². The van der Waals surface area contributed by atoms with Gasteiger partial charge in [0.05, 0.1) is 0 Å². The molecule has 0 N–H and O–H groups in total. The molecule has 0 bridgehead atoms. The van der Waals surface area contributed by atoms with E-state index in [2.05, 4.69) is 49.4 Å². The second-order valence-corrected chi connectivity index (χ2v) is 7.46. The highest BCUT2D eigenvalue weighted by atomic mass is 16.2. The molecular weight excluding hydrogens is 354 g/mol. The van der Waals surface area contributed by atoms with Crippen LogP contribution in [-0.2, 0) is 5.54 Å². The average molecular weight is 375 g/mol. The van der Waals surface area contributed by atoms with Crippen LogP contribution in [0.2, 0.25) is 0 Å². The van der Waals surface area contributed by atoms with E-state index in [0.717, 1.165) is 27.9 Å². The molecule has 0 radical (unpaired) electrons. The minimum Gasteiger partial charge on any atom is -0.290 e. The summed E-state index contributed by atoms with van der Waals surface area (Å²) in [6.45, 7) is 2.09. The minimum absolute atomic E-state index is 0.0243. The second-order valence-electron chi connectivity index (χ2n) is 7.46. The van der Waals surface area contributed by atoms with Crippen molar-refractivity contribution < 1.29 is 4.79 Å². The third-order valence-corrected chi connectivity index (χ3v) is 5.76. The monoisotopic (exact) mass is 375 g/mol. The van der Waals surface area contributed by atoms with Crippen LogP contribution in [0.1, 0.15) is 32.6 Å². The van der Waals surface area contributed by atoms with Gasteiger partial charge in [-0.3, -0.25) is 9.69 Å². The van der Waals surface area contributed by atoms with Crippen molar-refractivity contribution in [3.05, 3.63) is 137 Å². The SMILES string of the molecule is Cc1ccc([C@@]2(c3ccccc3)c3ccccc3C(=O)N2c2ccccc2)cc1. The van der Waals surface area contributed by atoms with Crippen molar-refractivity contribution in [2.75, 3.05) is 4.90 Å². The molecule has 1 heterocycles. The van der Waals surface area contributed by atoms with Crippen LogP contribution in [-0.4, -0.2) is 5.91 Å². The summed E-state index contributed by atoms with van der Waals surface area (Å²) in [6.07, 6.45) is 0. The Morgan fingerprint density at radius 1 is 0.621 bits per heavy atom. The largest absolute Gasteiger partial charge is 0.290 e. The van der Waals surface area contributed by atoms with Gasteiger partial charge in [0.25, 0.3) is 5.91 Å². The lowest BCUT2D eigenvalue weighted by Crippen LogP contribution is -2.46. The zero-order chi connectivity index (χ0) is 19.8. The van der Waals surface area contributed by atoms with E-state index in [0.29, 0.717) is 0 Å². The third-order valence-electron chi connectivity index (χ3n) is 5.76. The van der Waals surface area contributed by atoms with Gasteiger partial charge in [0.2, 0.25) is 0 Å². The number of aryl methyl sites for hydroxylation is 1. The highest BCUT2D eigenvalue weighted by molar-refractivity contribution is 6.13. The van der Waals surface area contributed by atoms with Gasteiger partial charge in [-0.1, -0.05) is 96.6 Å². The average Bonchev–Trinajstić information content (AvgIpc) is 3.05. The Balaban J connectivity index is 1.92. The number of para-hydroxylation sites is 1. The van der Waals surface area contributed by atoms with Gasteiger partial charge in [-0.05, 0) is 41.8 Å². The first-order valence-corrected chi connectivity index (χ1v) is 9.85. The lowest BCUT2D eigenvalue weighted by molar-refractivity contribution is 0.0986. The van der Waals surface area contributed by atoms with Crippen molar-refractivity contribution in [2.45, 2.75) is 12.5 Å². The number of carbonyl (C=O) groups excluding carboxylic acids is 1. The third kappa shape index (κ3) is 2.53. The molecule has 1 atom stereocenters. The number of nitrogens with zero attached hydrogens (tertiary/aromatic N) is 1. The van der Waals surface area contributed by atoms with Crippen molar-refractivity contribution in [1.29, 1.82) is 0 Å². The zero-order valence-electron chi connectivity index (χ0n) is 16.2. The summed E-state index contributed by atoms with van der Waals surface area (Å²) < 4.78 is 0. The maximum absolute atomic E-state index is 13.8. The van der Waals surface area contributed by atoms with Crippen LogP contribution in [0.3, 0.4) is 0 Å². The van der Waals surface area contributed by atoms with Crippen molar-refractivity contribution in [1.82, 2.24) is 0 Å². The van der Waals surface area contributed by atoms with Crippen LogP contribution in [0.4, 0.5) is 5.69 Å². The van der Waals surface area contributed by atoms with Crippen LogP contribution < -0.4 is 4.90 Å². The Labute approximate surface area is 171 Å². The molecule has 0 saturated heterocycles. The van der Waals surface area contributed by atoms with Crippen LogP contribution in [0.5, 0.6) is 0 Å². The molecule has 0 fully saturated rings. The van der Waals surface area contributed by atoms with E-state index in [1.165, 1.54) is 5.56 Å². The molecule has 1 amide bonds. The maximum Gasteiger partial charge on any atom is 0.260 e. The summed E-state index contributed by atoms with van der Waals surface area (Å²) in [7, 11) is 0. The highest BCUT2D eigenvalue weighted by Gasteiger charge is 2.52. The Kier molecular flexibility index (Phi) is 4.06. The van der Waals surface area contributed by atoms with Gasteiger partial charge in [-0.15, -0.1) is 0 Å². The number of carbonyl (C=O) groups is 1. The van der Waals surface area contributed by atoms with E-state index in [9.17, 15) is 4.79 Å². The normalized spacial score (nSPS) is 18.0. The van der Waals surface area contributed by atoms with Crippen molar-refractivity contribution in [3.8, 4) is 0 Å². The lowest BCUT2D eigenvalue weighted by Gasteiger charge is -2.40. The molecule has 0 aromatic heterocycles. The molecule has 2 heteroatoms. The number of anilines is 1. The van der Waals surface area contributed by atoms with E-state index in [1.807, 2.05) is 71.6 Å². The molecule has 0 unspecified atom stereocenters. The quantitative estimate of drug-likeness (QED) is 0.433. The van der Waals surface area contributed by atoms with Gasteiger partial charge in [-0.2, -0.15) is 0 Å². The Hall–Kier alpha value is -3.65. The molecule has 2 nitrogen and oxygen atoms in total. The number of fused-ring (bicyclic) bond motifs is 1. The second kappa shape index (κ2) is 6.75. The molecule has 0 aliphatic carbocycles. The van der Waals surface area contributed by atoms with E-state index >= 15 is 0 Å². The standard InChI is InChI=1S/C27H21NO/c1-20-16-18-22(19-17-20)27(21-10-4-2-5-11-21)25-15-9-8-14-24(25)26(29)28(27)23-12-6-3-7-13-23/h2-19H,1H3/t27-/m0/s1. The first kappa shape index (κ1) is 17.4. The van der Waals surface area contributed by atoms with Crippen molar-refractivity contribution in [3.63, 3.8) is 0 Å². The Bertz CT molecular complexity index is 1170. The van der Waals surface area contributed by atoms with E-state index in [1.54, 1.807) is 0 Å². The van der Waals surface area contributed by atoms with Crippen molar-refractivity contribution in [2.24, 2.45) is 0 Å².